The molecule has 0 aliphatic carbocycles. The molecule has 0 radical (unpaired) electrons. The number of anilines is 3. The summed E-state index contributed by atoms with van der Waals surface area (Å²) in [5.41, 5.74) is 1.59. The maximum atomic E-state index is 13.7. The van der Waals surface area contributed by atoms with E-state index in [1.165, 1.54) is 0 Å². The molecule has 1 saturated heterocycles. The minimum Gasteiger partial charge on any atom is -0.338 e. The average molecular weight is 376 g/mol. The van der Waals surface area contributed by atoms with Gasteiger partial charge in [0.2, 0.25) is 5.95 Å². The van der Waals surface area contributed by atoms with E-state index in [0.717, 1.165) is 38.3 Å². The number of likely N-dealkylation sites (N-methyl/N-ethyl adjacent to an activating group) is 1. The summed E-state index contributed by atoms with van der Waals surface area (Å²) in [6.45, 7) is 7.11. The molecule has 2 amide bonds. The van der Waals surface area contributed by atoms with Gasteiger partial charge in [-0.2, -0.15) is 0 Å². The highest BCUT2D eigenvalue weighted by Gasteiger charge is 2.19. The van der Waals surface area contributed by atoms with E-state index in [1.54, 1.807) is 13.8 Å². The highest BCUT2D eigenvalue weighted by molar-refractivity contribution is 6.00. The van der Waals surface area contributed by atoms with Crippen LogP contribution in [0.5, 0.6) is 0 Å². The second kappa shape index (κ2) is 7.83. The van der Waals surface area contributed by atoms with Crippen molar-refractivity contribution in [3.8, 4) is 0 Å². The Morgan fingerprint density at radius 3 is 2.26 bits per heavy atom. The van der Waals surface area contributed by atoms with Gasteiger partial charge in [0.15, 0.2) is 0 Å². The van der Waals surface area contributed by atoms with Gasteiger partial charge >= 0.3 is 6.03 Å². The molecule has 27 heavy (non-hydrogen) atoms. The number of nitrogens with one attached hydrogen (secondary N) is 2. The summed E-state index contributed by atoms with van der Waals surface area (Å²) in [7, 11) is 2.07. The first-order valence-corrected chi connectivity index (χ1v) is 8.65. The normalized spacial score (nSPS) is 14.9. The fourth-order valence-corrected chi connectivity index (χ4v) is 2.89. The number of halogens is 2. The number of piperazine rings is 1. The summed E-state index contributed by atoms with van der Waals surface area (Å²) in [6, 6.07) is 2.29. The van der Waals surface area contributed by atoms with Gasteiger partial charge in [-0.3, -0.25) is 0 Å². The molecule has 9 heteroatoms. The lowest BCUT2D eigenvalue weighted by Crippen LogP contribution is -2.45. The number of rotatable bonds is 3. The van der Waals surface area contributed by atoms with Crippen molar-refractivity contribution in [2.75, 3.05) is 48.8 Å². The van der Waals surface area contributed by atoms with Gasteiger partial charge in [0, 0.05) is 32.2 Å². The molecular formula is C18H22F2N6O. The predicted octanol–water partition coefficient (Wildman–Crippen LogP) is 2.77. The van der Waals surface area contributed by atoms with Crippen molar-refractivity contribution in [3.05, 3.63) is 41.2 Å². The van der Waals surface area contributed by atoms with Crippen molar-refractivity contribution in [1.29, 1.82) is 0 Å². The van der Waals surface area contributed by atoms with Crippen LogP contribution in [0.1, 0.15) is 11.4 Å². The van der Waals surface area contributed by atoms with Gasteiger partial charge in [-0.05, 0) is 33.0 Å². The van der Waals surface area contributed by atoms with Crippen LogP contribution in [-0.4, -0.2) is 54.1 Å². The Balaban J connectivity index is 1.72. The number of aromatic nitrogens is 2. The summed E-state index contributed by atoms with van der Waals surface area (Å²) in [5.74, 6) is -0.924. The zero-order valence-electron chi connectivity index (χ0n) is 15.5. The Bertz CT molecular complexity index is 829. The molecule has 7 nitrogen and oxygen atoms in total. The topological polar surface area (TPSA) is 73.4 Å². The van der Waals surface area contributed by atoms with Gasteiger partial charge in [-0.15, -0.1) is 0 Å². The van der Waals surface area contributed by atoms with Crippen molar-refractivity contribution in [2.45, 2.75) is 13.8 Å². The van der Waals surface area contributed by atoms with Crippen LogP contribution in [0.15, 0.2) is 18.2 Å². The van der Waals surface area contributed by atoms with Crippen LogP contribution in [0.3, 0.4) is 0 Å². The first-order valence-electron chi connectivity index (χ1n) is 8.65. The number of hydrogen-bond acceptors (Lipinski definition) is 5. The number of carbonyl (C=O) groups excluding carboxylic acids is 1. The van der Waals surface area contributed by atoms with E-state index in [4.69, 9.17) is 0 Å². The largest absolute Gasteiger partial charge is 0.338 e. The lowest BCUT2D eigenvalue weighted by atomic mass is 10.2. The molecule has 0 bridgehead atoms. The van der Waals surface area contributed by atoms with Gasteiger partial charge in [0.05, 0.1) is 22.8 Å². The van der Waals surface area contributed by atoms with Crippen molar-refractivity contribution in [3.63, 3.8) is 0 Å². The molecule has 2 heterocycles. The molecule has 3 rings (SSSR count). The number of amides is 2. The lowest BCUT2D eigenvalue weighted by molar-refractivity contribution is 0.262. The number of hydrogen-bond donors (Lipinski definition) is 2. The monoisotopic (exact) mass is 376 g/mol. The van der Waals surface area contributed by atoms with Crippen molar-refractivity contribution in [2.24, 2.45) is 0 Å². The molecule has 0 atom stereocenters. The number of nitrogens with zero attached hydrogens (tertiary/aromatic N) is 4. The third-order valence-electron chi connectivity index (χ3n) is 4.46. The fraction of sp³-hybridized carbons (Fsp3) is 0.389. The van der Waals surface area contributed by atoms with Crippen molar-refractivity contribution in [1.82, 2.24) is 14.9 Å². The number of carbonyl (C=O) groups is 1. The third-order valence-corrected chi connectivity index (χ3v) is 4.46. The Labute approximate surface area is 156 Å². The van der Waals surface area contributed by atoms with Crippen LogP contribution in [0.25, 0.3) is 0 Å². The summed E-state index contributed by atoms with van der Waals surface area (Å²) >= 11 is 0. The minimum absolute atomic E-state index is 0.112. The second-order valence-electron chi connectivity index (χ2n) is 6.56. The highest BCUT2D eigenvalue weighted by Crippen LogP contribution is 2.22. The molecule has 2 aromatic rings. The number of benzene rings is 1. The minimum atomic E-state index is -0.847. The molecular weight excluding hydrogens is 354 g/mol. The van der Waals surface area contributed by atoms with Gasteiger partial charge < -0.3 is 20.4 Å². The SMILES string of the molecule is Cc1nc(N2CCN(C)CC2)nc(C)c1NC(=O)Nc1ccc(F)cc1F. The smallest absolute Gasteiger partial charge is 0.323 e. The van der Waals surface area contributed by atoms with E-state index >= 15 is 0 Å². The molecule has 144 valence electrons. The molecule has 1 aromatic heterocycles. The Morgan fingerprint density at radius 2 is 1.67 bits per heavy atom. The van der Waals surface area contributed by atoms with Crippen LogP contribution < -0.4 is 15.5 Å². The maximum absolute atomic E-state index is 13.7. The molecule has 1 aromatic carbocycles. The Kier molecular flexibility index (Phi) is 5.50. The zero-order chi connectivity index (χ0) is 19.6. The number of urea groups is 1. The van der Waals surface area contributed by atoms with E-state index in [-0.39, 0.29) is 5.69 Å². The molecule has 0 saturated carbocycles. The standard InChI is InChI=1S/C18H22F2N6O/c1-11-16(24-18(27)23-15-5-4-13(19)10-14(15)20)12(2)22-17(21-11)26-8-6-25(3)7-9-26/h4-5,10H,6-9H2,1-3H3,(H2,23,24,27). The van der Waals surface area contributed by atoms with Crippen LogP contribution >= 0.6 is 0 Å². The van der Waals surface area contributed by atoms with E-state index in [0.29, 0.717) is 29.1 Å². The molecule has 0 spiro atoms. The summed E-state index contributed by atoms with van der Waals surface area (Å²) in [4.78, 5) is 25.5. The first kappa shape index (κ1) is 19.0. The third kappa shape index (κ3) is 4.48. The zero-order valence-corrected chi connectivity index (χ0v) is 15.5. The van der Waals surface area contributed by atoms with Gasteiger partial charge in [0.1, 0.15) is 11.6 Å². The summed E-state index contributed by atoms with van der Waals surface area (Å²) in [5, 5.41) is 5.00. The van der Waals surface area contributed by atoms with Crippen LogP contribution in [0.4, 0.5) is 30.9 Å². The molecule has 2 N–H and O–H groups in total. The number of aryl methyl sites for hydroxylation is 2. The second-order valence-corrected chi connectivity index (χ2v) is 6.56. The quantitative estimate of drug-likeness (QED) is 0.862. The van der Waals surface area contributed by atoms with Crippen LogP contribution in [0, 0.1) is 25.5 Å². The van der Waals surface area contributed by atoms with E-state index < -0.39 is 17.7 Å². The lowest BCUT2D eigenvalue weighted by Gasteiger charge is -2.32. The summed E-state index contributed by atoms with van der Waals surface area (Å²) < 4.78 is 26.6. The Morgan fingerprint density at radius 1 is 1.04 bits per heavy atom. The van der Waals surface area contributed by atoms with E-state index in [9.17, 15) is 13.6 Å². The van der Waals surface area contributed by atoms with Gasteiger partial charge in [-0.1, -0.05) is 0 Å². The predicted molar refractivity (Wildman–Crippen MR) is 100 cm³/mol. The van der Waals surface area contributed by atoms with E-state index in [1.807, 2.05) is 0 Å². The van der Waals surface area contributed by atoms with Crippen LogP contribution in [0.2, 0.25) is 0 Å². The van der Waals surface area contributed by atoms with Crippen LogP contribution in [-0.2, 0) is 0 Å². The highest BCUT2D eigenvalue weighted by atomic mass is 19.1. The first-order chi connectivity index (χ1) is 12.8. The van der Waals surface area contributed by atoms with Gasteiger partial charge in [0.25, 0.3) is 0 Å². The fourth-order valence-electron chi connectivity index (χ4n) is 2.89. The van der Waals surface area contributed by atoms with Gasteiger partial charge in [-0.25, -0.2) is 23.5 Å². The maximum Gasteiger partial charge on any atom is 0.323 e. The van der Waals surface area contributed by atoms with Crippen molar-refractivity contribution < 1.29 is 13.6 Å². The molecule has 0 unspecified atom stereocenters. The van der Waals surface area contributed by atoms with Crippen molar-refractivity contribution >= 4 is 23.4 Å². The molecule has 1 aliphatic heterocycles. The molecule has 1 fully saturated rings. The molecule has 1 aliphatic rings. The average Bonchev–Trinajstić information content (AvgIpc) is 2.61. The van der Waals surface area contributed by atoms with E-state index in [2.05, 4.69) is 37.4 Å². The summed E-state index contributed by atoms with van der Waals surface area (Å²) in [6.07, 6.45) is 0. The Hall–Kier alpha value is -2.81.